The van der Waals surface area contributed by atoms with E-state index in [0.717, 1.165) is 44.0 Å². The highest BCUT2D eigenvalue weighted by molar-refractivity contribution is 4.63. The highest BCUT2D eigenvalue weighted by Gasteiger charge is 2.27. The number of ether oxygens (including phenoxy) is 2. The van der Waals surface area contributed by atoms with Crippen molar-refractivity contribution in [3.8, 4) is 0 Å². The van der Waals surface area contributed by atoms with Gasteiger partial charge in [-0.3, -0.25) is 4.90 Å². The van der Waals surface area contributed by atoms with Crippen molar-refractivity contribution in [2.75, 3.05) is 72.7 Å². The molecule has 0 amide bonds. The molecule has 17 heavy (non-hydrogen) atoms. The first-order valence-electron chi connectivity index (χ1n) is 6.91. The molecule has 4 heteroatoms. The summed E-state index contributed by atoms with van der Waals surface area (Å²) >= 11 is 0. The van der Waals surface area contributed by atoms with Crippen molar-refractivity contribution < 1.29 is 14.0 Å². The normalized spacial score (nSPS) is 20.6. The maximum Gasteiger partial charge on any atom is 0.102 e. The monoisotopic (exact) mass is 245 g/mol. The topological polar surface area (TPSA) is 21.7 Å². The van der Waals surface area contributed by atoms with Gasteiger partial charge in [-0.2, -0.15) is 0 Å². The van der Waals surface area contributed by atoms with Gasteiger partial charge in [0.15, 0.2) is 0 Å². The van der Waals surface area contributed by atoms with Gasteiger partial charge in [-0.15, -0.1) is 0 Å². The van der Waals surface area contributed by atoms with Crippen LogP contribution in [-0.2, 0) is 9.47 Å². The van der Waals surface area contributed by atoms with E-state index in [9.17, 15) is 0 Å². The van der Waals surface area contributed by atoms with Gasteiger partial charge in [-0.1, -0.05) is 0 Å². The van der Waals surface area contributed by atoms with Crippen molar-refractivity contribution in [2.45, 2.75) is 13.8 Å². The quantitative estimate of drug-likeness (QED) is 0.467. The standard InChI is InChI=1S/C13H29N2O2/c1-4-16-12-8-14-6-9-15(3,10-7-14)11-13-17-5-2/h4-13H2,1-3H3/q+1. The minimum atomic E-state index is 0.829. The lowest BCUT2D eigenvalue weighted by atomic mass is 10.2. The molecule has 1 aliphatic rings. The number of quaternary nitrogens is 1. The number of hydrogen-bond acceptors (Lipinski definition) is 3. The summed E-state index contributed by atoms with van der Waals surface area (Å²) in [5.41, 5.74) is 0. The Kier molecular flexibility index (Phi) is 7.04. The van der Waals surface area contributed by atoms with Crippen LogP contribution in [0.15, 0.2) is 0 Å². The summed E-state index contributed by atoms with van der Waals surface area (Å²) in [7, 11) is 2.35. The number of likely N-dealkylation sites (N-methyl/N-ethyl adjacent to an activating group) is 1. The van der Waals surface area contributed by atoms with E-state index in [-0.39, 0.29) is 0 Å². The Labute approximate surface area is 106 Å². The number of nitrogens with zero attached hydrogens (tertiary/aromatic N) is 2. The van der Waals surface area contributed by atoms with Gasteiger partial charge < -0.3 is 14.0 Å². The second-order valence-corrected chi connectivity index (χ2v) is 5.03. The van der Waals surface area contributed by atoms with E-state index in [1.165, 1.54) is 26.2 Å². The highest BCUT2D eigenvalue weighted by atomic mass is 16.5. The molecule has 102 valence electrons. The summed E-state index contributed by atoms with van der Waals surface area (Å²) in [4.78, 5) is 2.51. The van der Waals surface area contributed by atoms with Crippen LogP contribution in [0.3, 0.4) is 0 Å². The molecule has 0 unspecified atom stereocenters. The Bertz CT molecular complexity index is 192. The van der Waals surface area contributed by atoms with Gasteiger partial charge in [-0.05, 0) is 13.8 Å². The molecule has 1 saturated heterocycles. The zero-order valence-corrected chi connectivity index (χ0v) is 11.8. The van der Waals surface area contributed by atoms with Crippen LogP contribution in [0.25, 0.3) is 0 Å². The fourth-order valence-electron chi connectivity index (χ4n) is 2.20. The average Bonchev–Trinajstić information content (AvgIpc) is 2.33. The maximum atomic E-state index is 5.46. The van der Waals surface area contributed by atoms with Crippen molar-refractivity contribution in [3.05, 3.63) is 0 Å². The first kappa shape index (κ1) is 14.9. The van der Waals surface area contributed by atoms with Gasteiger partial charge in [0.25, 0.3) is 0 Å². The van der Waals surface area contributed by atoms with Crippen LogP contribution in [0.5, 0.6) is 0 Å². The summed E-state index contributed by atoms with van der Waals surface area (Å²) < 4.78 is 12.0. The third-order valence-electron chi connectivity index (χ3n) is 3.65. The molecular weight excluding hydrogens is 216 g/mol. The van der Waals surface area contributed by atoms with Crippen LogP contribution in [0, 0.1) is 0 Å². The molecule has 0 aromatic rings. The van der Waals surface area contributed by atoms with E-state index in [1.807, 2.05) is 0 Å². The van der Waals surface area contributed by atoms with Crippen molar-refractivity contribution in [2.24, 2.45) is 0 Å². The summed E-state index contributed by atoms with van der Waals surface area (Å²) in [6.45, 7) is 14.6. The molecule has 0 aromatic heterocycles. The second-order valence-electron chi connectivity index (χ2n) is 5.03. The smallest absolute Gasteiger partial charge is 0.102 e. The van der Waals surface area contributed by atoms with Gasteiger partial charge in [0.05, 0.1) is 33.4 Å². The Morgan fingerprint density at radius 2 is 1.59 bits per heavy atom. The first-order valence-corrected chi connectivity index (χ1v) is 6.91. The largest absolute Gasteiger partial charge is 0.380 e. The van der Waals surface area contributed by atoms with Crippen LogP contribution >= 0.6 is 0 Å². The third-order valence-corrected chi connectivity index (χ3v) is 3.65. The molecule has 1 heterocycles. The molecule has 4 nitrogen and oxygen atoms in total. The Morgan fingerprint density at radius 1 is 1.00 bits per heavy atom. The van der Waals surface area contributed by atoms with Crippen molar-refractivity contribution in [1.82, 2.24) is 4.90 Å². The van der Waals surface area contributed by atoms with Gasteiger partial charge in [0.2, 0.25) is 0 Å². The summed E-state index contributed by atoms with van der Waals surface area (Å²) in [5, 5.41) is 0. The lowest BCUT2D eigenvalue weighted by Gasteiger charge is -2.42. The molecule has 0 aliphatic carbocycles. The first-order chi connectivity index (χ1) is 8.20. The average molecular weight is 245 g/mol. The van der Waals surface area contributed by atoms with E-state index in [0.29, 0.717) is 0 Å². The fourth-order valence-corrected chi connectivity index (χ4v) is 2.20. The molecule has 0 spiro atoms. The molecule has 0 N–H and O–H groups in total. The maximum absolute atomic E-state index is 5.46. The number of rotatable bonds is 8. The highest BCUT2D eigenvalue weighted by Crippen LogP contribution is 2.09. The molecule has 0 saturated carbocycles. The van der Waals surface area contributed by atoms with Gasteiger partial charge >= 0.3 is 0 Å². The summed E-state index contributed by atoms with van der Waals surface area (Å²) in [6.07, 6.45) is 0. The zero-order valence-electron chi connectivity index (χ0n) is 11.8. The SMILES string of the molecule is CCOCCN1CC[N+](C)(CCOCC)CC1. The molecule has 1 fully saturated rings. The number of piperazine rings is 1. The van der Waals surface area contributed by atoms with E-state index in [1.54, 1.807) is 0 Å². The molecule has 1 rings (SSSR count). The minimum absolute atomic E-state index is 0.829. The van der Waals surface area contributed by atoms with Crippen LogP contribution in [-0.4, -0.2) is 82.1 Å². The predicted molar refractivity (Wildman–Crippen MR) is 70.2 cm³/mol. The fraction of sp³-hybridized carbons (Fsp3) is 1.00. The molecule has 0 atom stereocenters. The van der Waals surface area contributed by atoms with Crippen molar-refractivity contribution >= 4 is 0 Å². The van der Waals surface area contributed by atoms with Gasteiger partial charge in [0, 0.05) is 32.8 Å². The molecule has 1 aliphatic heterocycles. The predicted octanol–water partition coefficient (Wildman–Crippen LogP) is 0.822. The lowest BCUT2D eigenvalue weighted by molar-refractivity contribution is -0.914. The second kappa shape index (κ2) is 8.03. The summed E-state index contributed by atoms with van der Waals surface area (Å²) in [6, 6.07) is 0. The van der Waals surface area contributed by atoms with Crippen LogP contribution < -0.4 is 0 Å². The summed E-state index contributed by atoms with van der Waals surface area (Å²) in [5.74, 6) is 0. The molecular formula is C13H29N2O2+. The van der Waals surface area contributed by atoms with Gasteiger partial charge in [-0.25, -0.2) is 0 Å². The van der Waals surface area contributed by atoms with E-state index >= 15 is 0 Å². The van der Waals surface area contributed by atoms with Gasteiger partial charge in [0.1, 0.15) is 6.54 Å². The Morgan fingerprint density at radius 3 is 2.18 bits per heavy atom. The molecule has 0 aromatic carbocycles. The third kappa shape index (κ3) is 5.82. The van der Waals surface area contributed by atoms with E-state index in [2.05, 4.69) is 25.8 Å². The van der Waals surface area contributed by atoms with Crippen molar-refractivity contribution in [1.29, 1.82) is 0 Å². The lowest BCUT2D eigenvalue weighted by Crippen LogP contribution is -2.58. The van der Waals surface area contributed by atoms with Crippen molar-refractivity contribution in [3.63, 3.8) is 0 Å². The van der Waals surface area contributed by atoms with Crippen LogP contribution in [0.2, 0.25) is 0 Å². The Hall–Kier alpha value is -0.160. The minimum Gasteiger partial charge on any atom is -0.380 e. The van der Waals surface area contributed by atoms with E-state index < -0.39 is 0 Å². The number of hydrogen-bond donors (Lipinski definition) is 0. The molecule has 0 bridgehead atoms. The van der Waals surface area contributed by atoms with Crippen LogP contribution in [0.4, 0.5) is 0 Å². The van der Waals surface area contributed by atoms with Crippen LogP contribution in [0.1, 0.15) is 13.8 Å². The Balaban J connectivity index is 2.15. The zero-order chi connectivity index (χ0) is 12.6. The molecule has 0 radical (unpaired) electrons. The van der Waals surface area contributed by atoms with E-state index in [4.69, 9.17) is 9.47 Å².